The van der Waals surface area contributed by atoms with Crippen molar-refractivity contribution >= 4 is 22.4 Å². The van der Waals surface area contributed by atoms with E-state index < -0.39 is 0 Å². The highest BCUT2D eigenvalue weighted by atomic mass is 32.1. The SMILES string of the molecule is O=C(Cc1ccc2c(c1)CCCC2)Nc1nccs1. The number of carbonyl (C=O) groups is 1. The fraction of sp³-hybridized carbons (Fsp3) is 0.333. The summed E-state index contributed by atoms with van der Waals surface area (Å²) in [4.78, 5) is 16.0. The van der Waals surface area contributed by atoms with E-state index in [2.05, 4.69) is 28.5 Å². The van der Waals surface area contributed by atoms with Crippen molar-refractivity contribution in [1.82, 2.24) is 4.98 Å². The van der Waals surface area contributed by atoms with Gasteiger partial charge in [-0.2, -0.15) is 0 Å². The van der Waals surface area contributed by atoms with Crippen molar-refractivity contribution in [2.24, 2.45) is 0 Å². The molecular formula is C15H16N2OS. The van der Waals surface area contributed by atoms with Crippen molar-refractivity contribution in [2.75, 3.05) is 5.32 Å². The van der Waals surface area contributed by atoms with Gasteiger partial charge in [0, 0.05) is 11.6 Å². The summed E-state index contributed by atoms with van der Waals surface area (Å²) in [6.07, 6.45) is 7.00. The maximum absolute atomic E-state index is 11.9. The van der Waals surface area contributed by atoms with Crippen LogP contribution in [0.15, 0.2) is 29.8 Å². The average Bonchev–Trinajstić information content (AvgIpc) is 2.91. The van der Waals surface area contributed by atoms with Crippen LogP contribution in [0.2, 0.25) is 0 Å². The molecule has 3 nitrogen and oxygen atoms in total. The minimum atomic E-state index is 0.00529. The van der Waals surface area contributed by atoms with Crippen LogP contribution in [-0.4, -0.2) is 10.9 Å². The first-order valence-corrected chi connectivity index (χ1v) is 7.49. The van der Waals surface area contributed by atoms with Gasteiger partial charge in [0.05, 0.1) is 6.42 Å². The highest BCUT2D eigenvalue weighted by molar-refractivity contribution is 7.13. The Hall–Kier alpha value is -1.68. The molecule has 0 aliphatic heterocycles. The zero-order chi connectivity index (χ0) is 13.1. The molecule has 1 N–H and O–H groups in total. The molecule has 1 aromatic carbocycles. The van der Waals surface area contributed by atoms with Gasteiger partial charge in [-0.15, -0.1) is 11.3 Å². The van der Waals surface area contributed by atoms with E-state index in [1.165, 1.54) is 41.7 Å². The van der Waals surface area contributed by atoms with E-state index in [1.54, 1.807) is 6.20 Å². The van der Waals surface area contributed by atoms with Crippen LogP contribution in [0.1, 0.15) is 29.5 Å². The van der Waals surface area contributed by atoms with E-state index in [0.717, 1.165) is 12.0 Å². The van der Waals surface area contributed by atoms with Gasteiger partial charge in [0.2, 0.25) is 5.91 Å². The van der Waals surface area contributed by atoms with E-state index in [0.29, 0.717) is 11.6 Å². The van der Waals surface area contributed by atoms with Crippen LogP contribution in [0.3, 0.4) is 0 Å². The topological polar surface area (TPSA) is 42.0 Å². The van der Waals surface area contributed by atoms with Crippen LogP contribution < -0.4 is 5.32 Å². The Morgan fingerprint density at radius 3 is 2.89 bits per heavy atom. The number of rotatable bonds is 3. The number of aryl methyl sites for hydroxylation is 2. The predicted octanol–water partition coefficient (Wildman–Crippen LogP) is 3.20. The molecule has 2 aromatic rings. The summed E-state index contributed by atoms with van der Waals surface area (Å²) in [6, 6.07) is 6.45. The van der Waals surface area contributed by atoms with Crippen molar-refractivity contribution in [3.8, 4) is 0 Å². The van der Waals surface area contributed by atoms with E-state index in [1.807, 2.05) is 5.38 Å². The summed E-state index contributed by atoms with van der Waals surface area (Å²) in [5.41, 5.74) is 3.97. The minimum absolute atomic E-state index is 0.00529. The van der Waals surface area contributed by atoms with Gasteiger partial charge in [-0.25, -0.2) is 4.98 Å². The number of aromatic nitrogens is 1. The van der Waals surface area contributed by atoms with Crippen LogP contribution in [0.5, 0.6) is 0 Å². The lowest BCUT2D eigenvalue weighted by Gasteiger charge is -2.16. The molecule has 0 bridgehead atoms. The second kappa shape index (κ2) is 5.53. The van der Waals surface area contributed by atoms with E-state index in [4.69, 9.17) is 0 Å². The highest BCUT2D eigenvalue weighted by Crippen LogP contribution is 2.22. The van der Waals surface area contributed by atoms with Crippen LogP contribution in [0.25, 0.3) is 0 Å². The second-order valence-corrected chi connectivity index (χ2v) is 5.77. The van der Waals surface area contributed by atoms with Gasteiger partial charge in [0.15, 0.2) is 5.13 Å². The third-order valence-electron chi connectivity index (χ3n) is 3.46. The van der Waals surface area contributed by atoms with Gasteiger partial charge in [0.25, 0.3) is 0 Å². The summed E-state index contributed by atoms with van der Waals surface area (Å²) >= 11 is 1.44. The van der Waals surface area contributed by atoms with Crippen molar-refractivity contribution in [1.29, 1.82) is 0 Å². The summed E-state index contributed by atoms with van der Waals surface area (Å²) in [5, 5.41) is 5.34. The summed E-state index contributed by atoms with van der Waals surface area (Å²) in [5.74, 6) is 0.00529. The number of fused-ring (bicyclic) bond motifs is 1. The molecule has 0 saturated carbocycles. The first kappa shape index (κ1) is 12.4. The molecule has 1 amide bonds. The molecule has 98 valence electrons. The Kier molecular flexibility index (Phi) is 3.60. The van der Waals surface area contributed by atoms with Crippen molar-refractivity contribution in [3.63, 3.8) is 0 Å². The molecule has 3 rings (SSSR count). The molecule has 1 aromatic heterocycles. The van der Waals surface area contributed by atoms with Crippen LogP contribution in [0, 0.1) is 0 Å². The number of hydrogen-bond donors (Lipinski definition) is 1. The molecule has 0 radical (unpaired) electrons. The maximum atomic E-state index is 11.9. The molecule has 19 heavy (non-hydrogen) atoms. The minimum Gasteiger partial charge on any atom is -0.302 e. The zero-order valence-electron chi connectivity index (χ0n) is 10.7. The van der Waals surface area contributed by atoms with Crippen LogP contribution >= 0.6 is 11.3 Å². The fourth-order valence-corrected chi connectivity index (χ4v) is 3.08. The third-order valence-corrected chi connectivity index (χ3v) is 4.14. The molecular weight excluding hydrogens is 256 g/mol. The number of anilines is 1. The molecule has 1 aliphatic rings. The zero-order valence-corrected chi connectivity index (χ0v) is 11.5. The van der Waals surface area contributed by atoms with Gasteiger partial charge in [-0.3, -0.25) is 4.79 Å². The smallest absolute Gasteiger partial charge is 0.230 e. The summed E-state index contributed by atoms with van der Waals surface area (Å²) in [6.45, 7) is 0. The molecule has 0 atom stereocenters. The number of amides is 1. The fourth-order valence-electron chi connectivity index (χ4n) is 2.53. The molecule has 0 fully saturated rings. The average molecular weight is 272 g/mol. The number of thiazole rings is 1. The lowest BCUT2D eigenvalue weighted by molar-refractivity contribution is -0.115. The maximum Gasteiger partial charge on any atom is 0.230 e. The standard InChI is InChI=1S/C15H16N2OS/c18-14(17-15-16-7-8-19-15)10-11-5-6-12-3-1-2-4-13(12)9-11/h5-9H,1-4,10H2,(H,16,17,18). The second-order valence-electron chi connectivity index (χ2n) is 4.87. The Balaban J connectivity index is 1.67. The van der Waals surface area contributed by atoms with Crippen molar-refractivity contribution < 1.29 is 4.79 Å². The predicted molar refractivity (Wildman–Crippen MR) is 77.5 cm³/mol. The molecule has 0 saturated heterocycles. The molecule has 0 unspecified atom stereocenters. The summed E-state index contributed by atoms with van der Waals surface area (Å²) in [7, 11) is 0. The summed E-state index contributed by atoms with van der Waals surface area (Å²) < 4.78 is 0. The van der Waals surface area contributed by atoms with E-state index in [-0.39, 0.29) is 5.91 Å². The normalized spacial score (nSPS) is 13.9. The molecule has 1 aliphatic carbocycles. The first-order valence-electron chi connectivity index (χ1n) is 6.61. The van der Waals surface area contributed by atoms with Crippen LogP contribution in [-0.2, 0) is 24.1 Å². The van der Waals surface area contributed by atoms with Gasteiger partial charge in [-0.1, -0.05) is 18.2 Å². The largest absolute Gasteiger partial charge is 0.302 e. The number of nitrogens with one attached hydrogen (secondary N) is 1. The lowest BCUT2D eigenvalue weighted by Crippen LogP contribution is -2.14. The number of carbonyl (C=O) groups excluding carboxylic acids is 1. The monoisotopic (exact) mass is 272 g/mol. The van der Waals surface area contributed by atoms with Gasteiger partial charge < -0.3 is 5.32 Å². The van der Waals surface area contributed by atoms with Crippen molar-refractivity contribution in [3.05, 3.63) is 46.5 Å². The number of benzene rings is 1. The van der Waals surface area contributed by atoms with Gasteiger partial charge in [-0.05, 0) is 42.4 Å². The number of nitrogens with zero attached hydrogens (tertiary/aromatic N) is 1. The Morgan fingerprint density at radius 2 is 2.11 bits per heavy atom. The number of hydrogen-bond acceptors (Lipinski definition) is 3. The van der Waals surface area contributed by atoms with Gasteiger partial charge in [0.1, 0.15) is 0 Å². The van der Waals surface area contributed by atoms with E-state index >= 15 is 0 Å². The molecule has 1 heterocycles. The van der Waals surface area contributed by atoms with Gasteiger partial charge >= 0.3 is 0 Å². The highest BCUT2D eigenvalue weighted by Gasteiger charge is 2.11. The van der Waals surface area contributed by atoms with E-state index in [9.17, 15) is 4.79 Å². The Bertz CT molecular complexity index is 578. The molecule has 0 spiro atoms. The van der Waals surface area contributed by atoms with Crippen molar-refractivity contribution in [2.45, 2.75) is 32.1 Å². The third kappa shape index (κ3) is 3.01. The Labute approximate surface area is 116 Å². The van der Waals surface area contributed by atoms with Crippen LogP contribution in [0.4, 0.5) is 5.13 Å². The lowest BCUT2D eigenvalue weighted by atomic mass is 9.90. The molecule has 4 heteroatoms. The first-order chi connectivity index (χ1) is 9.31. The quantitative estimate of drug-likeness (QED) is 0.932. The Morgan fingerprint density at radius 1 is 1.26 bits per heavy atom.